The molecule has 1 aromatic rings. The highest BCUT2D eigenvalue weighted by Gasteiger charge is 2.78. The molecule has 5 aliphatic rings. The maximum atomic E-state index is 13.5. The number of phenolic OH excluding ortho intramolecular Hbond substituents is 1. The number of ether oxygens (including phenoxy) is 2. The minimum Gasteiger partial charge on any atom is -0.504 e. The van der Waals surface area contributed by atoms with E-state index in [1.54, 1.807) is 19.1 Å². The standard InChI is InChI=1S/C22H24O6/c1-11(10-23)6-7-21-20(26)13-8-15(12(2)27-21)22(21)16(9-13)18(25)14-4-3-5-17(24)19(14)28-22/h3-6,9,12-13,15,18,23-25H,7-8,10H2,1-2H3/b11-6+. The van der Waals surface area contributed by atoms with E-state index in [0.717, 1.165) is 5.57 Å². The van der Waals surface area contributed by atoms with Gasteiger partial charge in [0.05, 0.1) is 12.7 Å². The third-order valence-electron chi connectivity index (χ3n) is 6.99. The zero-order valence-corrected chi connectivity index (χ0v) is 15.9. The summed E-state index contributed by atoms with van der Waals surface area (Å²) in [6.45, 7) is 3.63. The Hall–Kier alpha value is -2.15. The molecule has 0 aromatic heterocycles. The Morgan fingerprint density at radius 3 is 2.93 bits per heavy atom. The van der Waals surface area contributed by atoms with Crippen molar-refractivity contribution in [3.63, 3.8) is 0 Å². The van der Waals surface area contributed by atoms with Crippen LogP contribution in [0.2, 0.25) is 0 Å². The molecule has 3 N–H and O–H groups in total. The van der Waals surface area contributed by atoms with Crippen LogP contribution in [0.4, 0.5) is 0 Å². The van der Waals surface area contributed by atoms with Gasteiger partial charge in [-0.1, -0.05) is 29.9 Å². The lowest BCUT2D eigenvalue weighted by molar-refractivity contribution is -0.172. The molecule has 1 spiro atoms. The van der Waals surface area contributed by atoms with Crippen molar-refractivity contribution in [2.45, 2.75) is 50.1 Å². The molecule has 2 aliphatic heterocycles. The van der Waals surface area contributed by atoms with E-state index < -0.39 is 17.3 Å². The van der Waals surface area contributed by atoms with Crippen molar-refractivity contribution in [1.82, 2.24) is 0 Å². The van der Waals surface area contributed by atoms with Crippen LogP contribution in [0.15, 0.2) is 41.5 Å². The lowest BCUT2D eigenvalue weighted by Gasteiger charge is -2.57. The van der Waals surface area contributed by atoms with Gasteiger partial charge in [-0.2, -0.15) is 0 Å². The minimum atomic E-state index is -1.28. The van der Waals surface area contributed by atoms with Gasteiger partial charge >= 0.3 is 0 Å². The smallest absolute Gasteiger partial charge is 0.176 e. The van der Waals surface area contributed by atoms with Crippen molar-refractivity contribution in [2.24, 2.45) is 11.8 Å². The third kappa shape index (κ3) is 1.91. The van der Waals surface area contributed by atoms with E-state index in [9.17, 15) is 20.1 Å². The number of rotatable bonds is 3. The normalized spacial score (nSPS) is 40.6. The molecule has 1 aromatic carbocycles. The zero-order valence-electron chi connectivity index (χ0n) is 15.9. The van der Waals surface area contributed by atoms with Crippen molar-refractivity contribution < 1.29 is 29.6 Å². The van der Waals surface area contributed by atoms with E-state index in [0.29, 0.717) is 17.6 Å². The molecule has 28 heavy (non-hydrogen) atoms. The Balaban J connectivity index is 1.76. The Labute approximate surface area is 163 Å². The molecule has 3 aliphatic carbocycles. The number of carbonyl (C=O) groups is 1. The fraction of sp³-hybridized carbons (Fsp3) is 0.500. The van der Waals surface area contributed by atoms with Crippen molar-refractivity contribution in [1.29, 1.82) is 0 Å². The fourth-order valence-corrected chi connectivity index (χ4v) is 5.72. The number of benzene rings is 1. The summed E-state index contributed by atoms with van der Waals surface area (Å²) in [6.07, 6.45) is 3.31. The minimum absolute atomic E-state index is 0.0510. The third-order valence-corrected chi connectivity index (χ3v) is 6.99. The molecular formula is C22H24O6. The highest BCUT2D eigenvalue weighted by Crippen LogP contribution is 2.67. The van der Waals surface area contributed by atoms with E-state index >= 15 is 0 Å². The number of ketones is 1. The number of para-hydroxylation sites is 1. The number of aromatic hydroxyl groups is 1. The molecule has 6 unspecified atom stereocenters. The van der Waals surface area contributed by atoms with Crippen LogP contribution < -0.4 is 4.74 Å². The van der Waals surface area contributed by atoms with Crippen LogP contribution in [0, 0.1) is 11.8 Å². The number of aliphatic hydroxyl groups is 2. The number of allylic oxidation sites excluding steroid dienone is 1. The van der Waals surface area contributed by atoms with Gasteiger partial charge in [-0.15, -0.1) is 0 Å². The average molecular weight is 384 g/mol. The van der Waals surface area contributed by atoms with Gasteiger partial charge in [-0.05, 0) is 26.3 Å². The van der Waals surface area contributed by atoms with Crippen molar-refractivity contribution >= 4 is 5.78 Å². The van der Waals surface area contributed by atoms with Gasteiger partial charge in [-0.25, -0.2) is 0 Å². The maximum Gasteiger partial charge on any atom is 0.176 e. The molecule has 2 fully saturated rings. The van der Waals surface area contributed by atoms with E-state index in [-0.39, 0.29) is 48.2 Å². The average Bonchev–Trinajstić information content (AvgIpc) is 2.88. The second-order valence-electron chi connectivity index (χ2n) is 8.43. The SMILES string of the molecule is C/C(=C\CC12OC(C)C3CC(C=C4C(O)c5cccc(O)c5OC431)C2=O)CO. The first-order chi connectivity index (χ1) is 13.4. The van der Waals surface area contributed by atoms with Gasteiger partial charge in [0.1, 0.15) is 6.10 Å². The summed E-state index contributed by atoms with van der Waals surface area (Å²) in [4.78, 5) is 13.5. The van der Waals surface area contributed by atoms with E-state index in [1.165, 1.54) is 6.07 Å². The summed E-state index contributed by atoms with van der Waals surface area (Å²) in [5, 5.41) is 31.0. The monoisotopic (exact) mass is 384 g/mol. The number of carbonyl (C=O) groups excluding carboxylic acids is 1. The highest BCUT2D eigenvalue weighted by molar-refractivity contribution is 5.97. The van der Waals surface area contributed by atoms with Crippen LogP contribution in [0.3, 0.4) is 0 Å². The molecule has 0 radical (unpaired) electrons. The molecule has 6 rings (SSSR count). The Morgan fingerprint density at radius 1 is 1.39 bits per heavy atom. The summed E-state index contributed by atoms with van der Waals surface area (Å²) in [5.74, 6) is -0.332. The predicted octanol–water partition coefficient (Wildman–Crippen LogP) is 2.19. The van der Waals surface area contributed by atoms with Gasteiger partial charge in [-0.3, -0.25) is 4.79 Å². The summed E-state index contributed by atoms with van der Waals surface area (Å²) < 4.78 is 12.8. The highest BCUT2D eigenvalue weighted by atomic mass is 16.6. The van der Waals surface area contributed by atoms with Gasteiger partial charge in [0.15, 0.2) is 28.5 Å². The second kappa shape index (κ2) is 5.69. The second-order valence-corrected chi connectivity index (χ2v) is 8.43. The number of hydrogen-bond donors (Lipinski definition) is 3. The lowest BCUT2D eigenvalue weighted by atomic mass is 9.52. The molecule has 148 valence electrons. The number of fused-ring (bicyclic) bond motifs is 1. The summed E-state index contributed by atoms with van der Waals surface area (Å²) in [7, 11) is 0. The van der Waals surface area contributed by atoms with Crippen LogP contribution >= 0.6 is 0 Å². The predicted molar refractivity (Wildman–Crippen MR) is 99.9 cm³/mol. The molecular weight excluding hydrogens is 360 g/mol. The van der Waals surface area contributed by atoms with E-state index in [1.807, 2.05) is 19.1 Å². The summed E-state index contributed by atoms with van der Waals surface area (Å²) >= 11 is 0. The largest absolute Gasteiger partial charge is 0.504 e. The van der Waals surface area contributed by atoms with Crippen LogP contribution in [0.5, 0.6) is 11.5 Å². The molecule has 2 heterocycles. The zero-order chi connectivity index (χ0) is 19.8. The fourth-order valence-electron chi connectivity index (χ4n) is 5.72. The first kappa shape index (κ1) is 17.9. The molecule has 4 bridgehead atoms. The van der Waals surface area contributed by atoms with Crippen LogP contribution in [0.25, 0.3) is 0 Å². The lowest BCUT2D eigenvalue weighted by Crippen LogP contribution is -2.71. The van der Waals surface area contributed by atoms with Gasteiger partial charge in [0, 0.05) is 29.4 Å². The number of hydrogen-bond acceptors (Lipinski definition) is 6. The van der Waals surface area contributed by atoms with Gasteiger partial charge in [0.2, 0.25) is 0 Å². The van der Waals surface area contributed by atoms with Crippen LogP contribution in [-0.4, -0.2) is 45.0 Å². The molecule has 1 saturated carbocycles. The first-order valence-electron chi connectivity index (χ1n) is 9.75. The molecule has 6 heteroatoms. The van der Waals surface area contributed by atoms with Gasteiger partial charge in [0.25, 0.3) is 0 Å². The Bertz CT molecular complexity index is 933. The van der Waals surface area contributed by atoms with Crippen LogP contribution in [0.1, 0.15) is 38.4 Å². The molecule has 6 atom stereocenters. The summed E-state index contributed by atoms with van der Waals surface area (Å²) in [5.41, 5.74) is -0.533. The Morgan fingerprint density at radius 2 is 2.18 bits per heavy atom. The number of aliphatic hydroxyl groups excluding tert-OH is 2. The molecule has 0 amide bonds. The Kier molecular flexibility index (Phi) is 3.64. The van der Waals surface area contributed by atoms with E-state index in [2.05, 4.69) is 0 Å². The van der Waals surface area contributed by atoms with E-state index in [4.69, 9.17) is 9.47 Å². The summed E-state index contributed by atoms with van der Waals surface area (Å²) in [6, 6.07) is 4.91. The quantitative estimate of drug-likeness (QED) is 0.692. The molecule has 6 nitrogen and oxygen atoms in total. The maximum absolute atomic E-state index is 13.5. The number of Topliss-reactive ketones (excluding diaryl/α,β-unsaturated/α-hetero) is 1. The van der Waals surface area contributed by atoms with Crippen molar-refractivity contribution in [2.75, 3.05) is 6.61 Å². The number of phenols is 1. The van der Waals surface area contributed by atoms with Crippen molar-refractivity contribution in [3.8, 4) is 11.5 Å². The van der Waals surface area contributed by atoms with Crippen LogP contribution in [-0.2, 0) is 9.53 Å². The van der Waals surface area contributed by atoms with Crippen molar-refractivity contribution in [3.05, 3.63) is 47.1 Å². The molecule has 1 saturated heterocycles. The van der Waals surface area contributed by atoms with Gasteiger partial charge < -0.3 is 24.8 Å². The first-order valence-corrected chi connectivity index (χ1v) is 9.75. The topological polar surface area (TPSA) is 96.2 Å².